The molecule has 0 unspecified atom stereocenters. The van der Waals surface area contributed by atoms with Gasteiger partial charge in [0.15, 0.2) is 0 Å². The van der Waals surface area contributed by atoms with Gasteiger partial charge in [0, 0.05) is 12.1 Å². The Balaban J connectivity index is -0.000000218. The van der Waals surface area contributed by atoms with Crippen molar-refractivity contribution in [2.45, 2.75) is 39.8 Å². The molecule has 0 amide bonds. The van der Waals surface area contributed by atoms with E-state index < -0.39 is 24.0 Å². The number of carboxylic acids is 2. The summed E-state index contributed by atoms with van der Waals surface area (Å²) < 4.78 is 0. The molecule has 6 nitrogen and oxygen atoms in total. The fourth-order valence-electron chi connectivity index (χ4n) is 0.544. The van der Waals surface area contributed by atoms with E-state index in [4.69, 9.17) is 11.5 Å². The zero-order valence-corrected chi connectivity index (χ0v) is 11.4. The van der Waals surface area contributed by atoms with Crippen molar-refractivity contribution in [3.63, 3.8) is 0 Å². The molecule has 2 atom stereocenters. The quantitative estimate of drug-likeness (QED) is 0.547. The van der Waals surface area contributed by atoms with Crippen molar-refractivity contribution in [1.82, 2.24) is 0 Å². The molecule has 0 aromatic carbocycles. The Morgan fingerprint density at radius 2 is 1.00 bits per heavy atom. The van der Waals surface area contributed by atoms with Crippen LogP contribution in [0.15, 0.2) is 0 Å². The van der Waals surface area contributed by atoms with Gasteiger partial charge in [-0.3, -0.25) is 0 Å². The summed E-state index contributed by atoms with van der Waals surface area (Å²) in [5.41, 5.74) is 10.2. The van der Waals surface area contributed by atoms with Gasteiger partial charge in [0.2, 0.25) is 0 Å². The molecule has 0 aliphatic rings. The van der Waals surface area contributed by atoms with Crippen LogP contribution in [-0.4, -0.2) is 24.0 Å². The van der Waals surface area contributed by atoms with Crippen LogP contribution in [0, 0.1) is 11.8 Å². The smallest absolute Gasteiger partial charge is 0.548 e. The van der Waals surface area contributed by atoms with Crippen LogP contribution in [0.25, 0.3) is 0 Å². The van der Waals surface area contributed by atoms with E-state index in [9.17, 15) is 19.8 Å². The van der Waals surface area contributed by atoms with Gasteiger partial charge in [0.25, 0.3) is 0 Å². The Morgan fingerprint density at radius 3 is 1.00 bits per heavy atom. The minimum atomic E-state index is -1.18. The van der Waals surface area contributed by atoms with Crippen molar-refractivity contribution < 1.29 is 36.3 Å². The SMILES string of the molecule is CC(C)[C@H](N)C(=O)[O-].CC(C)[C@H](N)C(=O)[O-].[Ni+2]. The van der Waals surface area contributed by atoms with Crippen molar-refractivity contribution in [2.24, 2.45) is 23.3 Å². The van der Waals surface area contributed by atoms with Gasteiger partial charge in [-0.25, -0.2) is 0 Å². The van der Waals surface area contributed by atoms with E-state index in [0.29, 0.717) is 0 Å². The maximum absolute atomic E-state index is 9.90. The molecule has 0 heterocycles. The number of carbonyl (C=O) groups excluding carboxylic acids is 2. The van der Waals surface area contributed by atoms with Crippen LogP contribution < -0.4 is 21.7 Å². The van der Waals surface area contributed by atoms with E-state index in [1.165, 1.54) is 0 Å². The van der Waals surface area contributed by atoms with E-state index in [1.54, 1.807) is 27.7 Å². The molecule has 0 aromatic rings. The number of hydrogen-bond acceptors (Lipinski definition) is 6. The van der Waals surface area contributed by atoms with Crippen molar-refractivity contribution >= 4 is 11.9 Å². The minimum absolute atomic E-state index is 0. The molecule has 7 heteroatoms. The van der Waals surface area contributed by atoms with Crippen LogP contribution in [0.2, 0.25) is 0 Å². The van der Waals surface area contributed by atoms with Gasteiger partial charge in [0.05, 0.1) is 11.9 Å². The standard InChI is InChI=1S/2C5H11NO2.Ni/c2*1-3(2)4(6)5(7)8;/h2*3-4H,6H2,1-2H3,(H,7,8);/q;;+2/p-2/t2*4-;/m00./s1. The number of rotatable bonds is 4. The summed E-state index contributed by atoms with van der Waals surface area (Å²) >= 11 is 0. The molecule has 0 fully saturated rings. The van der Waals surface area contributed by atoms with Gasteiger partial charge >= 0.3 is 16.5 Å². The van der Waals surface area contributed by atoms with Crippen LogP contribution in [0.4, 0.5) is 0 Å². The molecule has 0 aliphatic heterocycles. The summed E-state index contributed by atoms with van der Waals surface area (Å²) in [7, 11) is 0. The number of hydrogen-bond donors (Lipinski definition) is 2. The summed E-state index contributed by atoms with van der Waals surface area (Å²) in [4.78, 5) is 19.8. The van der Waals surface area contributed by atoms with Gasteiger partial charge in [-0.1, -0.05) is 27.7 Å². The fraction of sp³-hybridized carbons (Fsp3) is 0.800. The van der Waals surface area contributed by atoms with Gasteiger partial charge in [0.1, 0.15) is 0 Å². The summed E-state index contributed by atoms with van der Waals surface area (Å²) in [5.74, 6) is -2.44. The van der Waals surface area contributed by atoms with Crippen LogP contribution in [0.5, 0.6) is 0 Å². The third kappa shape index (κ3) is 11.6. The maximum atomic E-state index is 9.90. The van der Waals surface area contributed by atoms with E-state index in [0.717, 1.165) is 0 Å². The van der Waals surface area contributed by atoms with Crippen LogP contribution in [0.3, 0.4) is 0 Å². The second-order valence-corrected chi connectivity index (χ2v) is 4.18. The number of carbonyl (C=O) groups is 2. The monoisotopic (exact) mass is 290 g/mol. The first kappa shape index (κ1) is 21.6. The number of carboxylic acid groups (broad SMARTS) is 2. The molecule has 0 radical (unpaired) electrons. The third-order valence-corrected chi connectivity index (χ3v) is 1.98. The summed E-state index contributed by atoms with van der Waals surface area (Å²) in [5, 5.41) is 19.8. The second-order valence-electron chi connectivity index (χ2n) is 4.18. The van der Waals surface area contributed by atoms with Gasteiger partial charge in [-0.05, 0) is 11.8 Å². The summed E-state index contributed by atoms with van der Waals surface area (Å²) in [6.45, 7) is 6.95. The van der Waals surface area contributed by atoms with Gasteiger partial charge in [-0.15, -0.1) is 0 Å². The molecule has 0 saturated carbocycles. The van der Waals surface area contributed by atoms with E-state index in [-0.39, 0.29) is 28.3 Å². The zero-order chi connectivity index (χ0) is 13.5. The van der Waals surface area contributed by atoms with Gasteiger partial charge < -0.3 is 31.3 Å². The second kappa shape index (κ2) is 10.5. The zero-order valence-electron chi connectivity index (χ0n) is 10.4. The number of nitrogens with two attached hydrogens (primary N) is 2. The Hall–Kier alpha value is -0.646. The molecular formula is C10H20N2NiO4. The molecule has 0 spiro atoms. The van der Waals surface area contributed by atoms with Crippen molar-refractivity contribution in [3.05, 3.63) is 0 Å². The molecule has 0 bridgehead atoms. The predicted octanol–water partition coefficient (Wildman–Crippen LogP) is -2.56. The Labute approximate surface area is 112 Å². The van der Waals surface area contributed by atoms with Crippen LogP contribution in [0.1, 0.15) is 27.7 Å². The topological polar surface area (TPSA) is 132 Å². The molecule has 4 N–H and O–H groups in total. The molecule has 0 saturated heterocycles. The fourth-order valence-corrected chi connectivity index (χ4v) is 0.544. The third-order valence-electron chi connectivity index (χ3n) is 1.98. The molecule has 0 aromatic heterocycles. The Kier molecular flexibility index (Phi) is 13.4. The van der Waals surface area contributed by atoms with E-state index in [2.05, 4.69) is 0 Å². The predicted molar refractivity (Wildman–Crippen MR) is 55.6 cm³/mol. The molecule has 17 heavy (non-hydrogen) atoms. The average Bonchev–Trinajstić information content (AvgIpc) is 2.15. The normalized spacial score (nSPS) is 13.2. The largest absolute Gasteiger partial charge is 2.00 e. The average molecular weight is 291 g/mol. The van der Waals surface area contributed by atoms with Crippen LogP contribution >= 0.6 is 0 Å². The first-order valence-corrected chi connectivity index (χ1v) is 5.04. The Morgan fingerprint density at radius 1 is 0.824 bits per heavy atom. The van der Waals surface area contributed by atoms with E-state index in [1.807, 2.05) is 0 Å². The molecule has 0 aliphatic carbocycles. The molecule has 104 valence electrons. The summed E-state index contributed by atoms with van der Waals surface area (Å²) in [6.07, 6.45) is 0. The summed E-state index contributed by atoms with van der Waals surface area (Å²) in [6, 6.07) is -1.65. The number of aliphatic carboxylic acids is 2. The van der Waals surface area contributed by atoms with Crippen LogP contribution in [-0.2, 0) is 26.1 Å². The van der Waals surface area contributed by atoms with Crippen molar-refractivity contribution in [2.75, 3.05) is 0 Å². The minimum Gasteiger partial charge on any atom is -0.548 e. The Bertz CT molecular complexity index is 210. The first-order chi connectivity index (χ1) is 7.11. The molecular weight excluding hydrogens is 271 g/mol. The van der Waals surface area contributed by atoms with Gasteiger partial charge in [-0.2, -0.15) is 0 Å². The maximum Gasteiger partial charge on any atom is 2.00 e. The van der Waals surface area contributed by atoms with Crippen molar-refractivity contribution in [1.29, 1.82) is 0 Å². The molecule has 0 rings (SSSR count). The van der Waals surface area contributed by atoms with E-state index >= 15 is 0 Å². The van der Waals surface area contributed by atoms with Crippen molar-refractivity contribution in [3.8, 4) is 0 Å². The first-order valence-electron chi connectivity index (χ1n) is 5.04.